The van der Waals surface area contributed by atoms with Crippen LogP contribution in [0, 0.1) is 0 Å². The highest BCUT2D eigenvalue weighted by atomic mass is 127. The molecule has 0 atom stereocenters. The van der Waals surface area contributed by atoms with Crippen LogP contribution in [0.15, 0.2) is 72.8 Å². The molecule has 1 N–H and O–H groups in total. The minimum Gasteiger partial charge on any atom is -0.508 e. The number of halogens is 1. The Morgan fingerprint density at radius 2 is 1.63 bits per heavy atom. The predicted octanol–water partition coefficient (Wildman–Crippen LogP) is 7.28. The van der Waals surface area contributed by atoms with Crippen molar-refractivity contribution in [1.29, 1.82) is 0 Å². The number of fused-ring (bicyclic) bond motifs is 1. The molecule has 4 rings (SSSR count). The number of rotatable bonds is 7. The Kier molecular flexibility index (Phi) is 7.11. The van der Waals surface area contributed by atoms with Gasteiger partial charge in [-0.15, -0.1) is 0 Å². The zero-order valence-electron chi connectivity index (χ0n) is 17.1. The van der Waals surface area contributed by atoms with Crippen molar-refractivity contribution in [1.82, 2.24) is 0 Å². The molecule has 0 unspecified atom stereocenters. The lowest BCUT2D eigenvalue weighted by molar-refractivity contribution is 0.310. The average Bonchev–Trinajstić information content (AvgIpc) is 2.97. The van der Waals surface area contributed by atoms with Crippen LogP contribution in [0.25, 0.3) is 11.1 Å². The lowest BCUT2D eigenvalue weighted by Crippen LogP contribution is -1.99. The number of phenols is 1. The van der Waals surface area contributed by atoms with Crippen molar-refractivity contribution >= 4 is 33.7 Å². The first-order chi connectivity index (χ1) is 14.8. The summed E-state index contributed by atoms with van der Waals surface area (Å²) >= 11 is 2.41. The van der Waals surface area contributed by atoms with Crippen LogP contribution >= 0.6 is 22.6 Å². The molecule has 2 nitrogen and oxygen atoms in total. The first-order valence-electron chi connectivity index (χ1n) is 10.7. The molecular weight excluding hydrogens is 483 g/mol. The van der Waals surface area contributed by atoms with E-state index in [9.17, 15) is 5.11 Å². The molecule has 0 bridgehead atoms. The van der Waals surface area contributed by atoms with Gasteiger partial charge in [-0.25, -0.2) is 0 Å². The summed E-state index contributed by atoms with van der Waals surface area (Å²) < 4.78 is 7.09. The number of aromatic hydroxyl groups is 1. The van der Waals surface area contributed by atoms with Gasteiger partial charge in [0.15, 0.2) is 0 Å². The van der Waals surface area contributed by atoms with E-state index in [0.29, 0.717) is 5.75 Å². The van der Waals surface area contributed by atoms with Gasteiger partial charge in [-0.05, 0) is 94.2 Å². The lowest BCUT2D eigenvalue weighted by Gasteiger charge is -2.17. The molecule has 0 spiro atoms. The van der Waals surface area contributed by atoms with Gasteiger partial charge >= 0.3 is 0 Å². The van der Waals surface area contributed by atoms with Crippen molar-refractivity contribution in [3.8, 4) is 11.5 Å². The largest absolute Gasteiger partial charge is 0.508 e. The van der Waals surface area contributed by atoms with Crippen molar-refractivity contribution in [3.63, 3.8) is 0 Å². The number of ether oxygens (including phenoxy) is 1. The lowest BCUT2D eigenvalue weighted by atomic mass is 9.88. The molecule has 0 saturated carbocycles. The predicted molar refractivity (Wildman–Crippen MR) is 133 cm³/mol. The van der Waals surface area contributed by atoms with Crippen LogP contribution in [0.5, 0.6) is 11.5 Å². The Bertz CT molecular complexity index is 1010. The van der Waals surface area contributed by atoms with Crippen molar-refractivity contribution in [2.24, 2.45) is 0 Å². The molecule has 3 heteroatoms. The number of allylic oxidation sites excluding steroid dienone is 1. The van der Waals surface area contributed by atoms with E-state index in [2.05, 4.69) is 83.3 Å². The molecule has 0 fully saturated rings. The number of aryl methyl sites for hydroxylation is 1. The maximum Gasteiger partial charge on any atom is 0.119 e. The number of unbranched alkanes of at least 4 members (excludes halogenated alkanes) is 1. The van der Waals surface area contributed by atoms with E-state index >= 15 is 0 Å². The van der Waals surface area contributed by atoms with Gasteiger partial charge in [0.2, 0.25) is 0 Å². The molecule has 0 aromatic heterocycles. The van der Waals surface area contributed by atoms with Crippen LogP contribution in [-0.2, 0) is 6.42 Å². The van der Waals surface area contributed by atoms with Gasteiger partial charge in [-0.3, -0.25) is 0 Å². The van der Waals surface area contributed by atoms with Gasteiger partial charge in [0.05, 0.1) is 6.61 Å². The molecular formula is C27H27IO2. The van der Waals surface area contributed by atoms with E-state index in [4.69, 9.17) is 4.74 Å². The van der Waals surface area contributed by atoms with Crippen LogP contribution in [-0.4, -0.2) is 16.1 Å². The standard InChI is InChI=1S/C27H27IO2/c28-17-4-5-18-30-24-14-11-21(12-15-24)27-25(20-7-2-1-3-8-20)10-6-9-22-19-23(29)13-16-26(22)27/h1-3,7-8,11-16,19,29H,4-6,9-10,17-18H2. The fraction of sp³-hybridized carbons (Fsp3) is 0.259. The average molecular weight is 510 g/mol. The van der Waals surface area contributed by atoms with Gasteiger partial charge < -0.3 is 9.84 Å². The second-order valence-electron chi connectivity index (χ2n) is 7.68. The highest BCUT2D eigenvalue weighted by molar-refractivity contribution is 14.1. The zero-order valence-corrected chi connectivity index (χ0v) is 19.3. The van der Waals surface area contributed by atoms with Crippen LogP contribution in [0.3, 0.4) is 0 Å². The second-order valence-corrected chi connectivity index (χ2v) is 8.76. The maximum atomic E-state index is 10.0. The minimum atomic E-state index is 0.339. The second kappa shape index (κ2) is 10.2. The van der Waals surface area contributed by atoms with Crippen molar-refractivity contribution in [2.45, 2.75) is 32.1 Å². The quantitative estimate of drug-likeness (QED) is 0.206. The SMILES string of the molecule is Oc1ccc2c(c1)CCCC(c1ccccc1)=C2c1ccc(OCCCCI)cc1. The Labute approximate surface area is 192 Å². The molecule has 0 radical (unpaired) electrons. The number of hydrogen-bond donors (Lipinski definition) is 1. The molecule has 0 aliphatic heterocycles. The summed E-state index contributed by atoms with van der Waals surface area (Å²) in [6.45, 7) is 0.766. The number of phenolic OH excluding ortho intramolecular Hbond substituents is 1. The van der Waals surface area contributed by atoms with Crippen LogP contribution in [0.1, 0.15) is 47.9 Å². The smallest absolute Gasteiger partial charge is 0.119 e. The van der Waals surface area contributed by atoms with Gasteiger partial charge in [-0.2, -0.15) is 0 Å². The van der Waals surface area contributed by atoms with Gasteiger partial charge in [0.25, 0.3) is 0 Å². The molecule has 1 aliphatic rings. The molecule has 0 heterocycles. The van der Waals surface area contributed by atoms with Gasteiger partial charge in [0, 0.05) is 0 Å². The highest BCUT2D eigenvalue weighted by Gasteiger charge is 2.20. The summed E-state index contributed by atoms with van der Waals surface area (Å²) in [7, 11) is 0. The third-order valence-corrected chi connectivity index (χ3v) is 6.36. The van der Waals surface area contributed by atoms with Crippen molar-refractivity contribution in [3.05, 3.63) is 95.1 Å². The van der Waals surface area contributed by atoms with Gasteiger partial charge in [0.1, 0.15) is 11.5 Å². The summed E-state index contributed by atoms with van der Waals surface area (Å²) in [5, 5.41) is 10.0. The van der Waals surface area contributed by atoms with Crippen LogP contribution < -0.4 is 4.74 Å². The Balaban J connectivity index is 1.75. The molecule has 3 aromatic rings. The van der Waals surface area contributed by atoms with E-state index in [0.717, 1.165) is 38.0 Å². The monoisotopic (exact) mass is 510 g/mol. The molecule has 0 amide bonds. The van der Waals surface area contributed by atoms with Crippen LogP contribution in [0.4, 0.5) is 0 Å². The van der Waals surface area contributed by atoms with E-state index in [1.807, 2.05) is 6.07 Å². The van der Waals surface area contributed by atoms with E-state index in [-0.39, 0.29) is 0 Å². The third kappa shape index (κ3) is 4.89. The third-order valence-electron chi connectivity index (χ3n) is 5.59. The molecule has 154 valence electrons. The number of alkyl halides is 1. The fourth-order valence-electron chi connectivity index (χ4n) is 4.14. The Morgan fingerprint density at radius 3 is 2.40 bits per heavy atom. The van der Waals surface area contributed by atoms with E-state index in [1.165, 1.54) is 44.2 Å². The van der Waals surface area contributed by atoms with Crippen molar-refractivity contribution in [2.75, 3.05) is 11.0 Å². The number of benzene rings is 3. The Morgan fingerprint density at radius 1 is 0.833 bits per heavy atom. The van der Waals surface area contributed by atoms with Crippen LogP contribution in [0.2, 0.25) is 0 Å². The molecule has 0 saturated heterocycles. The highest BCUT2D eigenvalue weighted by Crippen LogP contribution is 2.40. The molecule has 3 aromatic carbocycles. The minimum absolute atomic E-state index is 0.339. The first kappa shape index (κ1) is 21.0. The summed E-state index contributed by atoms with van der Waals surface area (Å²) in [5.41, 5.74) is 7.55. The molecule has 30 heavy (non-hydrogen) atoms. The topological polar surface area (TPSA) is 29.5 Å². The summed E-state index contributed by atoms with van der Waals surface area (Å²) in [4.78, 5) is 0. The number of hydrogen-bond acceptors (Lipinski definition) is 2. The van der Waals surface area contributed by atoms with E-state index < -0.39 is 0 Å². The maximum absolute atomic E-state index is 10.0. The summed E-state index contributed by atoms with van der Waals surface area (Å²) in [5.74, 6) is 1.26. The first-order valence-corrected chi connectivity index (χ1v) is 12.2. The molecule has 1 aliphatic carbocycles. The fourth-order valence-corrected chi connectivity index (χ4v) is 4.68. The summed E-state index contributed by atoms with van der Waals surface area (Å²) in [6, 6.07) is 25.0. The normalized spacial score (nSPS) is 13.6. The zero-order chi connectivity index (χ0) is 20.8. The van der Waals surface area contributed by atoms with E-state index in [1.54, 1.807) is 6.07 Å². The Hall–Kier alpha value is -2.27. The van der Waals surface area contributed by atoms with Crippen molar-refractivity contribution < 1.29 is 9.84 Å². The van der Waals surface area contributed by atoms with Gasteiger partial charge in [-0.1, -0.05) is 71.1 Å². The summed E-state index contributed by atoms with van der Waals surface area (Å²) in [6.07, 6.45) is 5.34.